The van der Waals surface area contributed by atoms with Gasteiger partial charge in [-0.15, -0.1) is 0 Å². The van der Waals surface area contributed by atoms with Crippen LogP contribution in [0.1, 0.15) is 12.8 Å². The average molecular weight is 232 g/mol. The molecule has 3 nitrogen and oxygen atoms in total. The summed E-state index contributed by atoms with van der Waals surface area (Å²) < 4.78 is 35.8. The molecule has 1 amide bonds. The van der Waals surface area contributed by atoms with Crippen molar-refractivity contribution in [1.82, 2.24) is 0 Å². The molecule has 0 spiro atoms. The molecule has 82 valence electrons. The van der Waals surface area contributed by atoms with Gasteiger partial charge in [0.2, 0.25) is 0 Å². The van der Waals surface area contributed by atoms with Crippen LogP contribution >= 0.6 is 0 Å². The highest BCUT2D eigenvalue weighted by Gasteiger charge is 2.50. The van der Waals surface area contributed by atoms with Gasteiger partial charge in [0.25, 0.3) is 0 Å². The predicted octanol–water partition coefficient (Wildman–Crippen LogP) is -3.67. The van der Waals surface area contributed by atoms with Gasteiger partial charge in [-0.3, -0.25) is 9.69 Å². The molecule has 1 aliphatic rings. The summed E-state index contributed by atoms with van der Waals surface area (Å²) in [5, 5.41) is 0. The lowest BCUT2D eigenvalue weighted by Gasteiger charge is -2.15. The Kier molecular flexibility index (Phi) is 4.54. The molecule has 0 bridgehead atoms. The van der Waals surface area contributed by atoms with Crippen molar-refractivity contribution in [3.8, 4) is 0 Å². The molecule has 14 heavy (non-hydrogen) atoms. The molecule has 0 aromatic carbocycles. The van der Waals surface area contributed by atoms with Crippen LogP contribution in [-0.2, 0) is 9.59 Å². The molecule has 0 saturated carbocycles. The number of amides is 1. The summed E-state index contributed by atoms with van der Waals surface area (Å²) in [6.45, 7) is 0.0990. The lowest BCUT2D eigenvalue weighted by molar-refractivity contribution is -0.828. The third-order valence-corrected chi connectivity index (χ3v) is 2.12. The van der Waals surface area contributed by atoms with Crippen molar-refractivity contribution >= 4 is 12.2 Å². The molecule has 1 fully saturated rings. The van der Waals surface area contributed by atoms with E-state index in [-0.39, 0.29) is 23.9 Å². The Hall–Kier alpha value is -0.620. The maximum absolute atomic E-state index is 11.9. The van der Waals surface area contributed by atoms with Crippen LogP contribution in [0.2, 0.25) is 0 Å². The molecule has 1 saturated heterocycles. The number of carbonyl (C=O) groups is 2. The van der Waals surface area contributed by atoms with E-state index in [9.17, 15) is 22.8 Å². The van der Waals surface area contributed by atoms with Crippen LogP contribution in [0.5, 0.6) is 0 Å². The van der Waals surface area contributed by atoms with Crippen LogP contribution in [0.4, 0.5) is 13.2 Å². The Labute approximate surface area is 84.7 Å². The van der Waals surface area contributed by atoms with E-state index in [1.54, 1.807) is 0 Å². The highest BCUT2D eigenvalue weighted by Crippen LogP contribution is 2.13. The molecule has 7 heteroatoms. The number of hydrogen-bond acceptors (Lipinski definition) is 2. The minimum Gasteiger partial charge on any atom is -1.00 e. The fraction of sp³-hybridized carbons (Fsp3) is 0.714. The minimum absolute atomic E-state index is 0. The SMILES string of the molecule is O=C[C@@H]1CCC[NH+]1C(=O)C(F)(F)F.[Cl-]. The summed E-state index contributed by atoms with van der Waals surface area (Å²) >= 11 is 0. The van der Waals surface area contributed by atoms with Gasteiger partial charge in [0.15, 0.2) is 12.3 Å². The average Bonchev–Trinajstić information content (AvgIpc) is 2.48. The summed E-state index contributed by atoms with van der Waals surface area (Å²) in [4.78, 5) is 20.7. The Morgan fingerprint density at radius 3 is 2.43 bits per heavy atom. The van der Waals surface area contributed by atoms with E-state index in [1.165, 1.54) is 0 Å². The molecule has 0 radical (unpaired) electrons. The normalized spacial score (nSPS) is 26.8. The van der Waals surface area contributed by atoms with Crippen molar-refractivity contribution in [3.63, 3.8) is 0 Å². The Balaban J connectivity index is 0.00000169. The van der Waals surface area contributed by atoms with Gasteiger partial charge in [0.05, 0.1) is 6.54 Å². The first-order valence-electron chi connectivity index (χ1n) is 3.89. The molecule has 0 aliphatic carbocycles. The highest BCUT2D eigenvalue weighted by atomic mass is 35.5. The number of hydrogen-bond donors (Lipinski definition) is 1. The quantitative estimate of drug-likeness (QED) is 0.473. The van der Waals surface area contributed by atoms with E-state index in [2.05, 4.69) is 0 Å². The minimum atomic E-state index is -4.83. The van der Waals surface area contributed by atoms with Gasteiger partial charge in [-0.1, -0.05) is 0 Å². The van der Waals surface area contributed by atoms with Crippen molar-refractivity contribution in [2.45, 2.75) is 25.1 Å². The Morgan fingerprint density at radius 1 is 1.43 bits per heavy atom. The fourth-order valence-electron chi connectivity index (χ4n) is 1.49. The fourth-order valence-corrected chi connectivity index (χ4v) is 1.49. The number of carbonyl (C=O) groups excluding carboxylic acids is 2. The molecule has 1 N–H and O–H groups in total. The first kappa shape index (κ1) is 13.4. The second-order valence-corrected chi connectivity index (χ2v) is 2.99. The first-order chi connectivity index (χ1) is 5.96. The van der Waals surface area contributed by atoms with Gasteiger partial charge in [-0.2, -0.15) is 13.2 Å². The van der Waals surface area contributed by atoms with Crippen molar-refractivity contribution in [2.75, 3.05) is 6.54 Å². The van der Waals surface area contributed by atoms with E-state index < -0.39 is 18.1 Å². The largest absolute Gasteiger partial charge is 1.00 e. The third-order valence-electron chi connectivity index (χ3n) is 2.12. The van der Waals surface area contributed by atoms with Crippen LogP contribution in [0, 0.1) is 0 Å². The van der Waals surface area contributed by atoms with E-state index in [0.29, 0.717) is 19.1 Å². The molecule has 1 aliphatic heterocycles. The van der Waals surface area contributed by atoms with Gasteiger partial charge in [-0.05, 0) is 0 Å². The van der Waals surface area contributed by atoms with E-state index in [0.717, 1.165) is 0 Å². The summed E-state index contributed by atoms with van der Waals surface area (Å²) in [5.41, 5.74) is 0. The summed E-state index contributed by atoms with van der Waals surface area (Å²) in [6, 6.07) is -0.811. The monoisotopic (exact) mass is 231 g/mol. The molecular weight excluding hydrogens is 223 g/mol. The molecular formula is C7H9ClF3NO2. The highest BCUT2D eigenvalue weighted by molar-refractivity contribution is 5.75. The summed E-state index contributed by atoms with van der Waals surface area (Å²) in [5.74, 6) is -1.83. The van der Waals surface area contributed by atoms with Crippen LogP contribution in [0.15, 0.2) is 0 Å². The van der Waals surface area contributed by atoms with Crippen molar-refractivity contribution in [3.05, 3.63) is 0 Å². The van der Waals surface area contributed by atoms with Crippen molar-refractivity contribution < 1.29 is 40.1 Å². The predicted molar refractivity (Wildman–Crippen MR) is 36.0 cm³/mol. The number of alkyl halides is 3. The van der Waals surface area contributed by atoms with Gasteiger partial charge in [0.1, 0.15) is 0 Å². The molecule has 1 unspecified atom stereocenters. The zero-order chi connectivity index (χ0) is 10.1. The molecule has 1 heterocycles. The molecule has 0 aromatic rings. The third kappa shape index (κ3) is 2.68. The number of nitrogens with one attached hydrogen (secondary N) is 1. The number of halogens is 4. The van der Waals surface area contributed by atoms with Gasteiger partial charge >= 0.3 is 12.1 Å². The maximum atomic E-state index is 11.9. The van der Waals surface area contributed by atoms with Gasteiger partial charge in [0, 0.05) is 12.8 Å². The molecule has 2 atom stereocenters. The van der Waals surface area contributed by atoms with Crippen LogP contribution in [0.25, 0.3) is 0 Å². The smallest absolute Gasteiger partial charge is 0.509 e. The van der Waals surface area contributed by atoms with E-state index in [1.807, 2.05) is 0 Å². The molecule has 1 rings (SSSR count). The van der Waals surface area contributed by atoms with Crippen LogP contribution in [-0.4, -0.2) is 31.0 Å². The topological polar surface area (TPSA) is 38.6 Å². The van der Waals surface area contributed by atoms with E-state index in [4.69, 9.17) is 0 Å². The summed E-state index contributed by atoms with van der Waals surface area (Å²) in [6.07, 6.45) is -3.56. The van der Waals surface area contributed by atoms with Gasteiger partial charge < -0.3 is 12.4 Å². The van der Waals surface area contributed by atoms with Crippen molar-refractivity contribution in [1.29, 1.82) is 0 Å². The standard InChI is InChI=1S/C7H8F3NO2.ClH/c8-7(9,10)6(13)11-3-1-2-5(11)4-12;/h4-5H,1-3H2;1H/t5-;/m0./s1. The summed E-state index contributed by atoms with van der Waals surface area (Å²) in [7, 11) is 0. The Bertz CT molecular complexity index is 231. The second-order valence-electron chi connectivity index (χ2n) is 2.99. The number of quaternary nitrogens is 1. The Morgan fingerprint density at radius 2 is 2.00 bits per heavy atom. The number of likely N-dealkylation sites (tertiary alicyclic amines) is 1. The van der Waals surface area contributed by atoms with Crippen LogP contribution in [0.3, 0.4) is 0 Å². The molecule has 0 aromatic heterocycles. The lowest BCUT2D eigenvalue weighted by atomic mass is 10.2. The van der Waals surface area contributed by atoms with Gasteiger partial charge in [-0.25, -0.2) is 4.79 Å². The van der Waals surface area contributed by atoms with Crippen LogP contribution < -0.4 is 17.3 Å². The zero-order valence-corrected chi connectivity index (χ0v) is 7.86. The lowest BCUT2D eigenvalue weighted by Crippen LogP contribution is -3.18. The second kappa shape index (κ2) is 4.75. The zero-order valence-electron chi connectivity index (χ0n) is 7.10. The number of aldehydes is 1. The maximum Gasteiger partial charge on any atom is 0.509 e. The first-order valence-corrected chi connectivity index (χ1v) is 3.89. The van der Waals surface area contributed by atoms with E-state index >= 15 is 0 Å². The van der Waals surface area contributed by atoms with Crippen molar-refractivity contribution in [2.24, 2.45) is 0 Å². The number of rotatable bonds is 1.